The molecule has 32 heavy (non-hydrogen) atoms. The van der Waals surface area contributed by atoms with Gasteiger partial charge in [0.2, 0.25) is 0 Å². The lowest BCUT2D eigenvalue weighted by molar-refractivity contribution is -0.176. The maximum absolute atomic E-state index is 12.2. The molecule has 0 radical (unpaired) electrons. The van der Waals surface area contributed by atoms with Crippen LogP contribution in [0.1, 0.15) is 36.5 Å². The van der Waals surface area contributed by atoms with Crippen LogP contribution in [-0.2, 0) is 24.4 Å². The predicted molar refractivity (Wildman–Crippen MR) is 119 cm³/mol. The fourth-order valence-electron chi connectivity index (χ4n) is 3.38. The Labute approximate surface area is 186 Å². The fraction of sp³-hybridized carbons (Fsp3) is 0.478. The van der Waals surface area contributed by atoms with Crippen molar-refractivity contribution in [2.45, 2.75) is 45.6 Å². The number of halogens is 3. The average molecular weight is 450 g/mol. The van der Waals surface area contributed by atoms with Crippen LogP contribution in [0.25, 0.3) is 0 Å². The number of benzene rings is 1. The Balaban J connectivity index is 1.48. The van der Waals surface area contributed by atoms with Gasteiger partial charge in [-0.3, -0.25) is 0 Å². The molecule has 0 atom stereocenters. The van der Waals surface area contributed by atoms with Crippen molar-refractivity contribution in [3.05, 3.63) is 59.3 Å². The Bertz CT molecular complexity index is 847. The van der Waals surface area contributed by atoms with Gasteiger partial charge in [-0.1, -0.05) is 30.3 Å². The van der Waals surface area contributed by atoms with Crippen molar-refractivity contribution in [2.75, 3.05) is 31.1 Å². The first-order chi connectivity index (χ1) is 15.4. The molecule has 1 aromatic heterocycles. The summed E-state index contributed by atoms with van der Waals surface area (Å²) in [5.74, 6) is 1.71. The van der Waals surface area contributed by atoms with Gasteiger partial charge in [0.05, 0.1) is 13.2 Å². The van der Waals surface area contributed by atoms with Crippen molar-refractivity contribution in [1.82, 2.24) is 15.6 Å². The molecule has 0 aliphatic carbocycles. The van der Waals surface area contributed by atoms with E-state index in [9.17, 15) is 13.2 Å². The number of rotatable bonds is 9. The molecule has 2 aromatic rings. The Morgan fingerprint density at radius 1 is 1.03 bits per heavy atom. The molecule has 0 amide bonds. The number of nitrogens with one attached hydrogen (secondary N) is 2. The van der Waals surface area contributed by atoms with E-state index in [4.69, 9.17) is 0 Å². The summed E-state index contributed by atoms with van der Waals surface area (Å²) in [7, 11) is 0. The number of ether oxygens (including phenoxy) is 1. The molecule has 0 unspecified atom stereocenters. The average Bonchev–Trinajstić information content (AvgIpc) is 3.31. The van der Waals surface area contributed by atoms with E-state index in [1.807, 2.05) is 25.3 Å². The molecule has 0 spiro atoms. The minimum absolute atomic E-state index is 0.0676. The molecule has 1 aliphatic heterocycles. The smallest absolute Gasteiger partial charge is 0.367 e. The van der Waals surface area contributed by atoms with Gasteiger partial charge < -0.3 is 20.3 Å². The summed E-state index contributed by atoms with van der Waals surface area (Å²) >= 11 is 0. The van der Waals surface area contributed by atoms with Crippen molar-refractivity contribution in [2.24, 2.45) is 4.99 Å². The number of aromatic nitrogens is 1. The molecule has 2 N–H and O–H groups in total. The minimum Gasteiger partial charge on any atom is -0.367 e. The standard InChI is InChI=1S/C23H30F3N5O/c1-2-27-22(30-15-20-9-10-21(28-14-20)31-11-3-4-12-31)29-13-18-5-7-19(8-6-18)16-32-17-23(24,25)26/h5-10,14H,2-4,11-13,15-17H2,1H3,(H2,27,29,30). The molecule has 2 heterocycles. The van der Waals surface area contributed by atoms with Gasteiger partial charge in [-0.05, 0) is 42.5 Å². The lowest BCUT2D eigenvalue weighted by atomic mass is 10.1. The summed E-state index contributed by atoms with van der Waals surface area (Å²) in [4.78, 5) is 11.5. The second kappa shape index (κ2) is 11.7. The van der Waals surface area contributed by atoms with Crippen molar-refractivity contribution >= 4 is 11.8 Å². The first-order valence-electron chi connectivity index (χ1n) is 10.9. The Hall–Kier alpha value is -2.81. The van der Waals surface area contributed by atoms with Crippen LogP contribution in [0.4, 0.5) is 19.0 Å². The second-order valence-corrected chi connectivity index (χ2v) is 7.69. The molecular weight excluding hydrogens is 419 g/mol. The van der Waals surface area contributed by atoms with Gasteiger partial charge in [-0.15, -0.1) is 0 Å². The van der Waals surface area contributed by atoms with Crippen LogP contribution >= 0.6 is 0 Å². The molecule has 1 saturated heterocycles. The highest BCUT2D eigenvalue weighted by Gasteiger charge is 2.27. The largest absolute Gasteiger partial charge is 0.411 e. The summed E-state index contributed by atoms with van der Waals surface area (Å²) in [5, 5.41) is 6.49. The van der Waals surface area contributed by atoms with Gasteiger partial charge in [0, 0.05) is 32.4 Å². The SMILES string of the molecule is CCNC(=NCc1ccc(N2CCCC2)nc1)NCc1ccc(COCC(F)(F)F)cc1. The molecule has 6 nitrogen and oxygen atoms in total. The van der Waals surface area contributed by atoms with E-state index in [-0.39, 0.29) is 6.61 Å². The highest BCUT2D eigenvalue weighted by molar-refractivity contribution is 5.79. The second-order valence-electron chi connectivity index (χ2n) is 7.69. The third kappa shape index (κ3) is 8.03. The van der Waals surface area contributed by atoms with Gasteiger partial charge in [-0.25, -0.2) is 9.98 Å². The highest BCUT2D eigenvalue weighted by Crippen LogP contribution is 2.18. The number of anilines is 1. The van der Waals surface area contributed by atoms with E-state index in [2.05, 4.69) is 42.4 Å². The van der Waals surface area contributed by atoms with E-state index in [0.29, 0.717) is 24.6 Å². The van der Waals surface area contributed by atoms with E-state index in [1.165, 1.54) is 12.8 Å². The summed E-state index contributed by atoms with van der Waals surface area (Å²) in [5.41, 5.74) is 2.73. The number of hydrogen-bond acceptors (Lipinski definition) is 4. The number of alkyl halides is 3. The van der Waals surface area contributed by atoms with E-state index < -0.39 is 12.8 Å². The monoisotopic (exact) mass is 449 g/mol. The zero-order chi connectivity index (χ0) is 22.8. The molecule has 9 heteroatoms. The highest BCUT2D eigenvalue weighted by atomic mass is 19.4. The summed E-state index contributed by atoms with van der Waals surface area (Å²) in [6.45, 7) is 4.62. The first-order valence-corrected chi connectivity index (χ1v) is 10.9. The van der Waals surface area contributed by atoms with Gasteiger partial charge in [0.15, 0.2) is 5.96 Å². The minimum atomic E-state index is -4.31. The van der Waals surface area contributed by atoms with Crippen LogP contribution in [0.2, 0.25) is 0 Å². The normalized spacial score (nSPS) is 14.6. The maximum Gasteiger partial charge on any atom is 0.411 e. The van der Waals surface area contributed by atoms with Gasteiger partial charge in [-0.2, -0.15) is 13.2 Å². The maximum atomic E-state index is 12.2. The number of guanidine groups is 1. The summed E-state index contributed by atoms with van der Waals surface area (Å²) < 4.78 is 41.2. The van der Waals surface area contributed by atoms with E-state index in [1.54, 1.807) is 12.1 Å². The van der Waals surface area contributed by atoms with Crippen LogP contribution < -0.4 is 15.5 Å². The number of aliphatic imine (C=N–C) groups is 1. The van der Waals surface area contributed by atoms with Crippen molar-refractivity contribution in [3.63, 3.8) is 0 Å². The molecular formula is C23H30F3N5O. The summed E-state index contributed by atoms with van der Waals surface area (Å²) in [6, 6.07) is 11.4. The Morgan fingerprint density at radius 2 is 1.72 bits per heavy atom. The third-order valence-electron chi connectivity index (χ3n) is 5.02. The predicted octanol–water partition coefficient (Wildman–Crippen LogP) is 4.02. The van der Waals surface area contributed by atoms with E-state index >= 15 is 0 Å². The molecule has 0 saturated carbocycles. The van der Waals surface area contributed by atoms with Crippen LogP contribution in [0.15, 0.2) is 47.6 Å². The van der Waals surface area contributed by atoms with Gasteiger partial charge >= 0.3 is 6.18 Å². The Kier molecular flexibility index (Phi) is 8.72. The van der Waals surface area contributed by atoms with Crippen LogP contribution in [-0.4, -0.2) is 43.4 Å². The molecule has 1 aliphatic rings. The van der Waals surface area contributed by atoms with Crippen molar-refractivity contribution < 1.29 is 17.9 Å². The quantitative estimate of drug-likeness (QED) is 0.447. The lowest BCUT2D eigenvalue weighted by Gasteiger charge is -2.16. The van der Waals surface area contributed by atoms with Crippen LogP contribution in [0.3, 0.4) is 0 Å². The summed E-state index contributed by atoms with van der Waals surface area (Å²) in [6.07, 6.45) is 0.0121. The first kappa shape index (κ1) is 23.8. The van der Waals surface area contributed by atoms with Crippen molar-refractivity contribution in [1.29, 1.82) is 0 Å². The van der Waals surface area contributed by atoms with Crippen LogP contribution in [0.5, 0.6) is 0 Å². The van der Waals surface area contributed by atoms with Gasteiger partial charge in [0.25, 0.3) is 0 Å². The van der Waals surface area contributed by atoms with Crippen LogP contribution in [0, 0.1) is 0 Å². The molecule has 1 aromatic carbocycles. The molecule has 0 bridgehead atoms. The number of pyridine rings is 1. The lowest BCUT2D eigenvalue weighted by Crippen LogP contribution is -2.36. The topological polar surface area (TPSA) is 61.8 Å². The zero-order valence-electron chi connectivity index (χ0n) is 18.3. The zero-order valence-corrected chi connectivity index (χ0v) is 18.3. The number of hydrogen-bond donors (Lipinski definition) is 2. The third-order valence-corrected chi connectivity index (χ3v) is 5.02. The fourth-order valence-corrected chi connectivity index (χ4v) is 3.38. The number of nitrogens with zero attached hydrogens (tertiary/aromatic N) is 3. The van der Waals surface area contributed by atoms with E-state index in [0.717, 1.165) is 36.6 Å². The Morgan fingerprint density at radius 3 is 2.34 bits per heavy atom. The molecule has 3 rings (SSSR count). The van der Waals surface area contributed by atoms with Gasteiger partial charge in [0.1, 0.15) is 12.4 Å². The molecule has 174 valence electrons. The molecule has 1 fully saturated rings. The van der Waals surface area contributed by atoms with Crippen molar-refractivity contribution in [3.8, 4) is 0 Å².